The third-order valence-corrected chi connectivity index (χ3v) is 7.89. The molecule has 0 bridgehead atoms. The Morgan fingerprint density at radius 1 is 1.10 bits per heavy atom. The Hall–Kier alpha value is -4.77. The van der Waals surface area contributed by atoms with Gasteiger partial charge >= 0.3 is 5.69 Å². The number of hydrogen-bond donors (Lipinski definition) is 3. The molecule has 42 heavy (non-hydrogen) atoms. The minimum atomic E-state index is -0.973. The summed E-state index contributed by atoms with van der Waals surface area (Å²) in [6.07, 6.45) is 4.08. The monoisotopic (exact) mass is 569 g/mol. The van der Waals surface area contributed by atoms with Crippen LogP contribution in [0.2, 0.25) is 0 Å². The van der Waals surface area contributed by atoms with Crippen LogP contribution in [-0.2, 0) is 19.5 Å². The lowest BCUT2D eigenvalue weighted by Gasteiger charge is -2.26. The first kappa shape index (κ1) is 27.4. The molecule has 0 amide bonds. The van der Waals surface area contributed by atoms with Gasteiger partial charge < -0.3 is 20.7 Å². The van der Waals surface area contributed by atoms with Gasteiger partial charge in [0, 0.05) is 43.0 Å². The van der Waals surface area contributed by atoms with Gasteiger partial charge in [-0.05, 0) is 48.2 Å². The number of imidazole rings is 1. The topological polar surface area (TPSA) is 135 Å². The smallest absolute Gasteiger partial charge is 0.333 e. The standard InChI is InChI=1S/C31H32FN7O3/c1-37(29(40)23-6-4-15-34-27(23)33)22-12-10-20(11-13-22)17-25-35-26-28(36-25)38(16-14-19-8-9-19)31(42)39(30(26)41)18-21-5-2-3-7-24(21)32/h2-7,10-13,15,19,29,40H,8-9,14,16-18H2,1H3,(H2,33,34)(H,35,36). The lowest BCUT2D eigenvalue weighted by Crippen LogP contribution is -2.40. The fraction of sp³-hybridized carbons (Fsp3) is 0.290. The summed E-state index contributed by atoms with van der Waals surface area (Å²) >= 11 is 0. The number of aryl methyl sites for hydroxylation is 1. The van der Waals surface area contributed by atoms with E-state index in [-0.39, 0.29) is 23.4 Å². The third-order valence-electron chi connectivity index (χ3n) is 7.89. The van der Waals surface area contributed by atoms with Gasteiger partial charge in [-0.2, -0.15) is 0 Å². The maximum absolute atomic E-state index is 14.4. The van der Waals surface area contributed by atoms with Crippen LogP contribution in [0.4, 0.5) is 15.9 Å². The average Bonchev–Trinajstić information content (AvgIpc) is 3.73. The molecule has 1 unspecified atom stereocenters. The zero-order chi connectivity index (χ0) is 29.4. The number of H-pyrrole nitrogens is 1. The zero-order valence-electron chi connectivity index (χ0n) is 23.2. The average molecular weight is 570 g/mol. The highest BCUT2D eigenvalue weighted by atomic mass is 19.1. The molecule has 11 heteroatoms. The largest absolute Gasteiger partial charge is 0.383 e. The van der Waals surface area contributed by atoms with Crippen molar-refractivity contribution < 1.29 is 9.50 Å². The van der Waals surface area contributed by atoms with Crippen LogP contribution in [0.5, 0.6) is 0 Å². The normalized spacial score (nSPS) is 13.9. The molecule has 10 nitrogen and oxygen atoms in total. The Bertz CT molecular complexity index is 1860. The zero-order valence-corrected chi connectivity index (χ0v) is 23.2. The summed E-state index contributed by atoms with van der Waals surface area (Å²) in [6.45, 7) is 0.274. The lowest BCUT2D eigenvalue weighted by molar-refractivity contribution is 0.179. The van der Waals surface area contributed by atoms with E-state index in [1.807, 2.05) is 24.3 Å². The summed E-state index contributed by atoms with van der Waals surface area (Å²) in [5.74, 6) is 0.905. The number of fused-ring (bicyclic) bond motifs is 1. The highest BCUT2D eigenvalue weighted by Crippen LogP contribution is 2.33. The Kier molecular flexibility index (Phi) is 7.34. The molecule has 6 rings (SSSR count). The van der Waals surface area contributed by atoms with E-state index in [0.717, 1.165) is 35.1 Å². The Balaban J connectivity index is 1.29. The van der Waals surface area contributed by atoms with Gasteiger partial charge in [0.05, 0.1) is 6.54 Å². The van der Waals surface area contributed by atoms with E-state index in [9.17, 15) is 19.1 Å². The van der Waals surface area contributed by atoms with E-state index in [0.29, 0.717) is 35.9 Å². The molecule has 1 aliphatic carbocycles. The van der Waals surface area contributed by atoms with Crippen molar-refractivity contribution in [1.82, 2.24) is 24.1 Å². The van der Waals surface area contributed by atoms with Crippen LogP contribution in [0.25, 0.3) is 11.2 Å². The second-order valence-electron chi connectivity index (χ2n) is 10.8. The summed E-state index contributed by atoms with van der Waals surface area (Å²) in [6, 6.07) is 17.2. The predicted octanol–water partition coefficient (Wildman–Crippen LogP) is 3.57. The molecule has 1 atom stereocenters. The number of benzene rings is 2. The summed E-state index contributed by atoms with van der Waals surface area (Å²) in [5.41, 5.74) is 7.93. The van der Waals surface area contributed by atoms with Crippen molar-refractivity contribution in [3.63, 3.8) is 0 Å². The minimum absolute atomic E-state index is 0.163. The maximum atomic E-state index is 14.4. The predicted molar refractivity (Wildman–Crippen MR) is 159 cm³/mol. The molecule has 0 aliphatic heterocycles. The molecule has 4 N–H and O–H groups in total. The number of aliphatic hydroxyl groups is 1. The fourth-order valence-corrected chi connectivity index (χ4v) is 5.19. The van der Waals surface area contributed by atoms with Gasteiger partial charge in [-0.1, -0.05) is 43.2 Å². The van der Waals surface area contributed by atoms with Crippen LogP contribution in [0.1, 0.15) is 48.0 Å². The molecule has 1 saturated carbocycles. The molecule has 3 heterocycles. The number of nitrogen functional groups attached to an aromatic ring is 1. The summed E-state index contributed by atoms with van der Waals surface area (Å²) in [5, 5.41) is 10.8. The molecule has 0 spiro atoms. The van der Waals surface area contributed by atoms with E-state index in [1.165, 1.54) is 6.07 Å². The van der Waals surface area contributed by atoms with Gasteiger partial charge in [0.1, 0.15) is 23.0 Å². The molecule has 1 aliphatic rings. The van der Waals surface area contributed by atoms with Crippen molar-refractivity contribution in [2.45, 2.75) is 45.0 Å². The highest BCUT2D eigenvalue weighted by molar-refractivity contribution is 5.70. The van der Waals surface area contributed by atoms with Gasteiger partial charge in [0.2, 0.25) is 0 Å². The van der Waals surface area contributed by atoms with Crippen LogP contribution in [-0.4, -0.2) is 36.2 Å². The van der Waals surface area contributed by atoms with Crippen LogP contribution in [0.3, 0.4) is 0 Å². The van der Waals surface area contributed by atoms with E-state index in [2.05, 4.69) is 15.0 Å². The Morgan fingerprint density at radius 2 is 1.86 bits per heavy atom. The van der Waals surface area contributed by atoms with Crippen molar-refractivity contribution in [3.8, 4) is 0 Å². The molecule has 0 saturated heterocycles. The number of hydrogen-bond acceptors (Lipinski definition) is 7. The number of nitrogens with two attached hydrogens (primary N) is 1. The third kappa shape index (κ3) is 5.42. The van der Waals surface area contributed by atoms with Gasteiger partial charge in [-0.25, -0.2) is 19.2 Å². The summed E-state index contributed by atoms with van der Waals surface area (Å²) < 4.78 is 17.0. The molecule has 3 aromatic heterocycles. The molecule has 2 aromatic carbocycles. The minimum Gasteiger partial charge on any atom is -0.383 e. The van der Waals surface area contributed by atoms with E-state index >= 15 is 0 Å². The quantitative estimate of drug-likeness (QED) is 0.219. The summed E-state index contributed by atoms with van der Waals surface area (Å²) in [4.78, 5) is 40.5. The number of rotatable bonds is 10. The first-order chi connectivity index (χ1) is 20.3. The first-order valence-corrected chi connectivity index (χ1v) is 14.0. The number of anilines is 2. The fourth-order valence-electron chi connectivity index (χ4n) is 5.19. The molecule has 0 radical (unpaired) electrons. The second-order valence-corrected chi connectivity index (χ2v) is 10.8. The summed E-state index contributed by atoms with van der Waals surface area (Å²) in [7, 11) is 1.76. The highest BCUT2D eigenvalue weighted by Gasteiger charge is 2.24. The second kappa shape index (κ2) is 11.2. The van der Waals surface area contributed by atoms with Crippen molar-refractivity contribution in [2.75, 3.05) is 17.7 Å². The van der Waals surface area contributed by atoms with Gasteiger partial charge in [-0.3, -0.25) is 13.9 Å². The van der Waals surface area contributed by atoms with Crippen molar-refractivity contribution >= 4 is 22.7 Å². The lowest BCUT2D eigenvalue weighted by atomic mass is 10.1. The number of nitrogens with zero attached hydrogens (tertiary/aromatic N) is 5. The number of aromatic nitrogens is 5. The van der Waals surface area contributed by atoms with Crippen LogP contribution >= 0.6 is 0 Å². The van der Waals surface area contributed by atoms with Crippen LogP contribution in [0.15, 0.2) is 76.4 Å². The SMILES string of the molecule is CN(c1ccc(Cc2nc3c([nH]2)c(=O)n(Cc2ccccc2F)c(=O)n3CCC2CC2)cc1)C(O)c1cccnc1N. The molecule has 216 valence electrons. The van der Waals surface area contributed by atoms with E-state index in [1.54, 1.807) is 53.0 Å². The van der Waals surface area contributed by atoms with Crippen LogP contribution in [0, 0.1) is 11.7 Å². The number of halogens is 1. The Morgan fingerprint density at radius 3 is 2.57 bits per heavy atom. The molecular weight excluding hydrogens is 537 g/mol. The number of nitrogens with one attached hydrogen (secondary N) is 1. The van der Waals surface area contributed by atoms with Crippen molar-refractivity contribution in [1.29, 1.82) is 0 Å². The molecule has 1 fully saturated rings. The van der Waals surface area contributed by atoms with Gasteiger partial charge in [-0.15, -0.1) is 0 Å². The molecule has 5 aromatic rings. The van der Waals surface area contributed by atoms with Gasteiger partial charge in [0.25, 0.3) is 5.56 Å². The van der Waals surface area contributed by atoms with Crippen molar-refractivity contribution in [3.05, 3.63) is 116 Å². The number of aliphatic hydroxyl groups excluding tert-OH is 1. The van der Waals surface area contributed by atoms with Crippen molar-refractivity contribution in [2.24, 2.45) is 5.92 Å². The van der Waals surface area contributed by atoms with Crippen LogP contribution < -0.4 is 21.9 Å². The van der Waals surface area contributed by atoms with Gasteiger partial charge in [0.15, 0.2) is 11.9 Å². The van der Waals surface area contributed by atoms with E-state index < -0.39 is 23.3 Å². The number of pyridine rings is 1. The Labute approximate surface area is 240 Å². The first-order valence-electron chi connectivity index (χ1n) is 14.0. The maximum Gasteiger partial charge on any atom is 0.333 e. The molecular formula is C31H32FN7O3. The number of aromatic amines is 1. The van der Waals surface area contributed by atoms with E-state index in [4.69, 9.17) is 5.73 Å².